The first kappa shape index (κ1) is 6.62. The van der Waals surface area contributed by atoms with Crippen molar-refractivity contribution in [3.63, 3.8) is 0 Å². The summed E-state index contributed by atoms with van der Waals surface area (Å²) >= 11 is 0. The highest BCUT2D eigenvalue weighted by Gasteiger charge is 1.92. The molecule has 9 heavy (non-hydrogen) atoms. The number of hydrogen-bond acceptors (Lipinski definition) is 1. The highest BCUT2D eigenvalue weighted by Crippen LogP contribution is 2.14. The summed E-state index contributed by atoms with van der Waals surface area (Å²) in [5.41, 5.74) is 0. The zero-order valence-corrected chi connectivity index (χ0v) is 6.44. The highest BCUT2D eigenvalue weighted by molar-refractivity contribution is 8.17. The van der Waals surface area contributed by atoms with Crippen LogP contribution in [0.2, 0.25) is 0 Å². The molecule has 1 heterocycles. The van der Waals surface area contributed by atoms with Gasteiger partial charge in [-0.3, -0.25) is 0 Å². The van der Waals surface area contributed by atoms with Crippen molar-refractivity contribution in [1.29, 1.82) is 0 Å². The molecule has 0 N–H and O–H groups in total. The molecule has 0 amide bonds. The summed E-state index contributed by atoms with van der Waals surface area (Å²) in [5.74, 6) is 0.975. The van der Waals surface area contributed by atoms with E-state index in [9.17, 15) is 0 Å². The van der Waals surface area contributed by atoms with Crippen molar-refractivity contribution in [1.82, 2.24) is 0 Å². The maximum absolute atomic E-state index is 5.02. The molecule has 1 aliphatic heterocycles. The molecule has 2 heteroatoms. The van der Waals surface area contributed by atoms with Gasteiger partial charge in [-0.15, -0.1) is 0 Å². The van der Waals surface area contributed by atoms with E-state index in [0.717, 1.165) is 5.76 Å². The van der Waals surface area contributed by atoms with Crippen LogP contribution in [0.15, 0.2) is 23.3 Å². The number of hydrogen-bond donors (Lipinski definition) is 0. The quantitative estimate of drug-likeness (QED) is 0.507. The Morgan fingerprint density at radius 1 is 1.56 bits per heavy atom. The molecule has 0 aliphatic carbocycles. The van der Waals surface area contributed by atoms with Gasteiger partial charge in [0.2, 0.25) is 0 Å². The Bertz CT molecular complexity index is 189. The van der Waals surface area contributed by atoms with Crippen LogP contribution in [0, 0.1) is 0 Å². The molecule has 1 unspecified atom stereocenters. The lowest BCUT2D eigenvalue weighted by Crippen LogP contribution is -1.89. The maximum atomic E-state index is 5.02. The zero-order chi connectivity index (χ0) is 6.69. The SMILES string of the molecule is COC1=CC=CS(C)=C1. The number of allylic oxidation sites excluding steroid dienone is 3. The van der Waals surface area contributed by atoms with Gasteiger partial charge >= 0.3 is 0 Å². The van der Waals surface area contributed by atoms with Crippen molar-refractivity contribution >= 4 is 15.9 Å². The monoisotopic (exact) mass is 142 g/mol. The summed E-state index contributed by atoms with van der Waals surface area (Å²) in [6, 6.07) is 0. The van der Waals surface area contributed by atoms with Gasteiger partial charge in [0.05, 0.1) is 7.11 Å². The molecule has 1 nitrogen and oxygen atoms in total. The first-order valence-electron chi connectivity index (χ1n) is 2.74. The van der Waals surface area contributed by atoms with E-state index in [2.05, 4.69) is 17.0 Å². The lowest BCUT2D eigenvalue weighted by atomic mass is 10.5. The Labute approximate surface area is 58.0 Å². The average molecular weight is 142 g/mol. The lowest BCUT2D eigenvalue weighted by Gasteiger charge is -2.03. The van der Waals surface area contributed by atoms with E-state index < -0.39 is 0 Å². The molecule has 1 atom stereocenters. The Morgan fingerprint density at radius 2 is 2.33 bits per heavy atom. The van der Waals surface area contributed by atoms with Crippen LogP contribution in [0.3, 0.4) is 0 Å². The standard InChI is InChI=1S/C7H10OS/c1-8-7-4-3-5-9(2)6-7/h3-6H,1-2H3. The van der Waals surface area contributed by atoms with Gasteiger partial charge in [0.25, 0.3) is 0 Å². The molecule has 50 valence electrons. The Morgan fingerprint density at radius 3 is 2.78 bits per heavy atom. The summed E-state index contributed by atoms with van der Waals surface area (Å²) in [4.78, 5) is 0. The van der Waals surface area contributed by atoms with Gasteiger partial charge in [-0.2, -0.15) is 10.5 Å². The summed E-state index contributed by atoms with van der Waals surface area (Å²) in [6.07, 6.45) is 6.15. The summed E-state index contributed by atoms with van der Waals surface area (Å²) in [5, 5.41) is 4.27. The third-order valence-electron chi connectivity index (χ3n) is 1.09. The van der Waals surface area contributed by atoms with Crippen molar-refractivity contribution in [2.45, 2.75) is 0 Å². The highest BCUT2D eigenvalue weighted by atomic mass is 32.2. The molecule has 0 saturated heterocycles. The van der Waals surface area contributed by atoms with E-state index in [4.69, 9.17) is 4.74 Å². The van der Waals surface area contributed by atoms with Gasteiger partial charge in [0.15, 0.2) is 0 Å². The van der Waals surface area contributed by atoms with E-state index in [-0.39, 0.29) is 10.5 Å². The minimum absolute atomic E-state index is 0.281. The smallest absolute Gasteiger partial charge is 0.124 e. The van der Waals surface area contributed by atoms with Crippen LogP contribution in [0.25, 0.3) is 0 Å². The molecule has 0 aromatic carbocycles. The summed E-state index contributed by atoms with van der Waals surface area (Å²) in [7, 11) is 1.97. The van der Waals surface area contributed by atoms with Crippen LogP contribution in [0.1, 0.15) is 0 Å². The maximum Gasteiger partial charge on any atom is 0.124 e. The second-order valence-corrected chi connectivity index (χ2v) is 3.55. The summed E-state index contributed by atoms with van der Waals surface area (Å²) < 4.78 is 5.02. The zero-order valence-electron chi connectivity index (χ0n) is 5.63. The first-order valence-corrected chi connectivity index (χ1v) is 4.50. The normalized spacial score (nSPS) is 24.7. The van der Waals surface area contributed by atoms with Gasteiger partial charge < -0.3 is 4.74 Å². The Balaban J connectivity index is 2.78. The molecule has 0 bridgehead atoms. The van der Waals surface area contributed by atoms with E-state index in [1.54, 1.807) is 7.11 Å². The van der Waals surface area contributed by atoms with Gasteiger partial charge in [0.1, 0.15) is 5.76 Å². The topological polar surface area (TPSA) is 9.23 Å². The fourth-order valence-electron chi connectivity index (χ4n) is 0.636. The van der Waals surface area contributed by atoms with Gasteiger partial charge in [0, 0.05) is 5.37 Å². The van der Waals surface area contributed by atoms with E-state index in [0.29, 0.717) is 0 Å². The molecule has 0 saturated carbocycles. The van der Waals surface area contributed by atoms with Crippen molar-refractivity contribution in [3.05, 3.63) is 23.3 Å². The predicted molar refractivity (Wildman–Crippen MR) is 43.8 cm³/mol. The van der Waals surface area contributed by atoms with Gasteiger partial charge in [-0.05, 0) is 17.7 Å². The van der Waals surface area contributed by atoms with Crippen molar-refractivity contribution in [3.8, 4) is 0 Å². The van der Waals surface area contributed by atoms with E-state index in [1.165, 1.54) is 0 Å². The number of ether oxygens (including phenoxy) is 1. The third kappa shape index (κ3) is 1.72. The van der Waals surface area contributed by atoms with Crippen LogP contribution in [0.5, 0.6) is 0 Å². The largest absolute Gasteiger partial charge is 0.496 e. The molecule has 1 aliphatic rings. The predicted octanol–water partition coefficient (Wildman–Crippen LogP) is 1.74. The molecular weight excluding hydrogens is 132 g/mol. The minimum Gasteiger partial charge on any atom is -0.496 e. The Kier molecular flexibility index (Phi) is 2.11. The van der Waals surface area contributed by atoms with Crippen molar-refractivity contribution in [2.24, 2.45) is 0 Å². The number of rotatable bonds is 1. The first-order chi connectivity index (χ1) is 4.33. The van der Waals surface area contributed by atoms with Crippen molar-refractivity contribution in [2.75, 3.05) is 13.4 Å². The van der Waals surface area contributed by atoms with Crippen LogP contribution in [0.4, 0.5) is 0 Å². The van der Waals surface area contributed by atoms with Gasteiger partial charge in [-0.25, -0.2) is 0 Å². The number of methoxy groups -OCH3 is 1. The summed E-state index contributed by atoms with van der Waals surface area (Å²) in [6.45, 7) is 0. The van der Waals surface area contributed by atoms with Crippen LogP contribution in [-0.4, -0.2) is 18.7 Å². The molecular formula is C7H10OS. The molecule has 0 spiro atoms. The van der Waals surface area contributed by atoms with E-state index >= 15 is 0 Å². The lowest BCUT2D eigenvalue weighted by molar-refractivity contribution is 0.318. The van der Waals surface area contributed by atoms with Crippen LogP contribution < -0.4 is 0 Å². The molecule has 0 aromatic heterocycles. The van der Waals surface area contributed by atoms with E-state index in [1.807, 2.05) is 12.2 Å². The fraction of sp³-hybridized carbons (Fsp3) is 0.286. The fourth-order valence-corrected chi connectivity index (χ4v) is 1.58. The Hall–Kier alpha value is -0.500. The molecule has 0 aromatic rings. The third-order valence-corrected chi connectivity index (χ3v) is 2.28. The second kappa shape index (κ2) is 2.87. The van der Waals surface area contributed by atoms with Crippen molar-refractivity contribution < 1.29 is 4.74 Å². The van der Waals surface area contributed by atoms with Crippen LogP contribution >= 0.6 is 10.5 Å². The minimum atomic E-state index is 0.281. The second-order valence-electron chi connectivity index (χ2n) is 1.83. The molecule has 0 radical (unpaired) electrons. The molecule has 0 fully saturated rings. The van der Waals surface area contributed by atoms with Crippen LogP contribution in [-0.2, 0) is 4.74 Å². The molecule has 1 rings (SSSR count). The van der Waals surface area contributed by atoms with Gasteiger partial charge in [-0.1, -0.05) is 6.08 Å². The average Bonchev–Trinajstić information content (AvgIpc) is 1.88.